The van der Waals surface area contributed by atoms with Gasteiger partial charge in [-0.2, -0.15) is 0 Å². The first-order valence-corrected chi connectivity index (χ1v) is 6.31. The molecule has 1 atom stereocenters. The molecular formula is C13H20N2O2. The van der Waals surface area contributed by atoms with Gasteiger partial charge in [0.25, 0.3) is 5.56 Å². The van der Waals surface area contributed by atoms with E-state index in [0.717, 1.165) is 19.5 Å². The third-order valence-corrected chi connectivity index (χ3v) is 3.49. The second kappa shape index (κ2) is 5.98. The minimum absolute atomic E-state index is 0.0463. The number of pyridine rings is 1. The van der Waals surface area contributed by atoms with Gasteiger partial charge in [-0.05, 0) is 25.5 Å². The summed E-state index contributed by atoms with van der Waals surface area (Å²) in [6.07, 6.45) is 5.29. The normalized spacial score (nSPS) is 21.6. The van der Waals surface area contributed by atoms with Gasteiger partial charge in [-0.25, -0.2) is 0 Å². The van der Waals surface area contributed by atoms with Gasteiger partial charge in [0.15, 0.2) is 0 Å². The first-order chi connectivity index (χ1) is 8.31. The number of nitrogens with zero attached hydrogens (tertiary/aromatic N) is 2. The second-order valence-corrected chi connectivity index (χ2v) is 4.60. The Bertz CT molecular complexity index is 402. The number of aliphatic hydroxyl groups excluding tert-OH is 1. The molecule has 1 aromatic rings. The Morgan fingerprint density at radius 2 is 2.18 bits per heavy atom. The zero-order chi connectivity index (χ0) is 12.1. The van der Waals surface area contributed by atoms with Crippen molar-refractivity contribution in [1.29, 1.82) is 0 Å². The van der Waals surface area contributed by atoms with Gasteiger partial charge in [-0.15, -0.1) is 0 Å². The van der Waals surface area contributed by atoms with Crippen molar-refractivity contribution >= 4 is 0 Å². The molecule has 1 fully saturated rings. The maximum Gasteiger partial charge on any atom is 0.250 e. The minimum Gasteiger partial charge on any atom is -0.395 e. The largest absolute Gasteiger partial charge is 0.395 e. The minimum atomic E-state index is 0.0463. The van der Waals surface area contributed by atoms with Crippen molar-refractivity contribution in [1.82, 2.24) is 9.47 Å². The fourth-order valence-electron chi connectivity index (χ4n) is 2.44. The summed E-state index contributed by atoms with van der Waals surface area (Å²) < 4.78 is 1.73. The molecule has 0 spiro atoms. The van der Waals surface area contributed by atoms with E-state index in [1.54, 1.807) is 16.7 Å². The zero-order valence-corrected chi connectivity index (χ0v) is 10.1. The molecule has 0 saturated carbocycles. The smallest absolute Gasteiger partial charge is 0.250 e. The van der Waals surface area contributed by atoms with Gasteiger partial charge in [0.05, 0.1) is 6.61 Å². The fraction of sp³-hybridized carbons (Fsp3) is 0.615. The van der Waals surface area contributed by atoms with E-state index in [9.17, 15) is 9.90 Å². The van der Waals surface area contributed by atoms with Crippen molar-refractivity contribution in [3.63, 3.8) is 0 Å². The predicted octanol–water partition coefficient (Wildman–Crippen LogP) is 0.695. The maximum atomic E-state index is 11.5. The number of hydrogen-bond donors (Lipinski definition) is 1. The maximum absolute atomic E-state index is 11.5. The Hall–Kier alpha value is -1.13. The van der Waals surface area contributed by atoms with Gasteiger partial charge in [0, 0.05) is 31.4 Å². The quantitative estimate of drug-likeness (QED) is 0.837. The zero-order valence-electron chi connectivity index (χ0n) is 10.1. The van der Waals surface area contributed by atoms with Gasteiger partial charge < -0.3 is 9.67 Å². The highest BCUT2D eigenvalue weighted by Gasteiger charge is 2.20. The van der Waals surface area contributed by atoms with E-state index in [2.05, 4.69) is 4.90 Å². The summed E-state index contributed by atoms with van der Waals surface area (Å²) in [6.45, 7) is 2.81. The first-order valence-electron chi connectivity index (χ1n) is 6.31. The molecule has 0 aromatic carbocycles. The average Bonchev–Trinajstić information content (AvgIpc) is 2.38. The van der Waals surface area contributed by atoms with Crippen LogP contribution in [0.2, 0.25) is 0 Å². The molecule has 17 heavy (non-hydrogen) atoms. The van der Waals surface area contributed by atoms with Crippen LogP contribution >= 0.6 is 0 Å². The van der Waals surface area contributed by atoms with E-state index in [-0.39, 0.29) is 18.2 Å². The SMILES string of the molecule is O=c1ccccn1CCN1CCCCC1CO. The molecule has 0 radical (unpaired) electrons. The average molecular weight is 236 g/mol. The fourth-order valence-corrected chi connectivity index (χ4v) is 2.44. The lowest BCUT2D eigenvalue weighted by atomic mass is 10.0. The summed E-state index contributed by atoms with van der Waals surface area (Å²) in [5.41, 5.74) is 0.0463. The van der Waals surface area contributed by atoms with Crippen LogP contribution in [0.25, 0.3) is 0 Å². The van der Waals surface area contributed by atoms with Gasteiger partial charge in [-0.1, -0.05) is 12.5 Å². The monoisotopic (exact) mass is 236 g/mol. The lowest BCUT2D eigenvalue weighted by Gasteiger charge is -2.34. The lowest BCUT2D eigenvalue weighted by Crippen LogP contribution is -2.43. The Kier molecular flexibility index (Phi) is 4.34. The molecule has 2 heterocycles. The number of hydrogen-bond acceptors (Lipinski definition) is 3. The van der Waals surface area contributed by atoms with Crippen LogP contribution in [0.4, 0.5) is 0 Å². The van der Waals surface area contributed by atoms with Crippen molar-refractivity contribution < 1.29 is 5.11 Å². The summed E-state index contributed by atoms with van der Waals surface area (Å²) in [6, 6.07) is 5.50. The number of piperidine rings is 1. The molecule has 1 N–H and O–H groups in total. The molecule has 1 aliphatic heterocycles. The first kappa shape index (κ1) is 12.3. The number of rotatable bonds is 4. The van der Waals surface area contributed by atoms with Gasteiger partial charge in [-0.3, -0.25) is 9.69 Å². The summed E-state index contributed by atoms with van der Waals surface area (Å²) in [5.74, 6) is 0. The van der Waals surface area contributed by atoms with Crippen molar-refractivity contribution in [2.45, 2.75) is 31.8 Å². The van der Waals surface area contributed by atoms with Crippen molar-refractivity contribution in [3.05, 3.63) is 34.7 Å². The molecule has 1 aromatic heterocycles. The molecule has 94 valence electrons. The predicted molar refractivity (Wildman–Crippen MR) is 67.0 cm³/mol. The molecule has 2 rings (SSSR count). The Morgan fingerprint density at radius 3 is 2.94 bits per heavy atom. The van der Waals surface area contributed by atoms with Gasteiger partial charge in [0.1, 0.15) is 0 Å². The number of aliphatic hydroxyl groups is 1. The summed E-state index contributed by atoms with van der Waals surface area (Å²) >= 11 is 0. The van der Waals surface area contributed by atoms with Crippen LogP contribution in [0.15, 0.2) is 29.2 Å². The van der Waals surface area contributed by atoms with E-state index < -0.39 is 0 Å². The molecule has 1 saturated heterocycles. The highest BCUT2D eigenvalue weighted by molar-refractivity contribution is 4.93. The van der Waals surface area contributed by atoms with Crippen LogP contribution in [0, 0.1) is 0 Å². The molecule has 0 bridgehead atoms. The Balaban J connectivity index is 1.93. The Morgan fingerprint density at radius 1 is 1.29 bits per heavy atom. The second-order valence-electron chi connectivity index (χ2n) is 4.60. The third kappa shape index (κ3) is 3.17. The molecular weight excluding hydrogens is 216 g/mol. The molecule has 1 unspecified atom stereocenters. The van der Waals surface area contributed by atoms with Crippen LogP contribution in [0.5, 0.6) is 0 Å². The van der Waals surface area contributed by atoms with Crippen LogP contribution in [0.1, 0.15) is 19.3 Å². The van der Waals surface area contributed by atoms with E-state index in [1.165, 1.54) is 12.8 Å². The van der Waals surface area contributed by atoms with Crippen molar-refractivity contribution in [3.8, 4) is 0 Å². The molecule has 0 amide bonds. The van der Waals surface area contributed by atoms with Gasteiger partial charge >= 0.3 is 0 Å². The topological polar surface area (TPSA) is 45.5 Å². The Labute approximate surface area is 101 Å². The summed E-state index contributed by atoms with van der Waals surface area (Å²) in [5, 5.41) is 9.30. The third-order valence-electron chi connectivity index (χ3n) is 3.49. The summed E-state index contributed by atoms with van der Waals surface area (Å²) in [7, 11) is 0. The van der Waals surface area contributed by atoms with Crippen molar-refractivity contribution in [2.24, 2.45) is 0 Å². The number of likely N-dealkylation sites (tertiary alicyclic amines) is 1. The van der Waals surface area contributed by atoms with E-state index in [4.69, 9.17) is 0 Å². The highest BCUT2D eigenvalue weighted by atomic mass is 16.3. The highest BCUT2D eigenvalue weighted by Crippen LogP contribution is 2.15. The van der Waals surface area contributed by atoms with Crippen LogP contribution in [0.3, 0.4) is 0 Å². The molecule has 4 nitrogen and oxygen atoms in total. The van der Waals surface area contributed by atoms with Crippen molar-refractivity contribution in [2.75, 3.05) is 19.7 Å². The molecule has 1 aliphatic rings. The van der Waals surface area contributed by atoms with E-state index in [0.29, 0.717) is 6.54 Å². The van der Waals surface area contributed by atoms with Crippen LogP contribution in [-0.2, 0) is 6.54 Å². The standard InChI is InChI=1S/C13H20N2O2/c16-11-12-5-1-3-7-14(12)9-10-15-8-4-2-6-13(15)17/h2,4,6,8,12,16H,1,3,5,7,9-11H2. The van der Waals surface area contributed by atoms with Crippen LogP contribution in [-0.4, -0.2) is 40.3 Å². The molecule has 0 aliphatic carbocycles. The lowest BCUT2D eigenvalue weighted by molar-refractivity contribution is 0.0869. The number of aromatic nitrogens is 1. The van der Waals surface area contributed by atoms with Gasteiger partial charge in [0.2, 0.25) is 0 Å². The molecule has 4 heteroatoms. The van der Waals surface area contributed by atoms with E-state index in [1.807, 2.05) is 12.3 Å². The van der Waals surface area contributed by atoms with Crippen LogP contribution < -0.4 is 5.56 Å². The van der Waals surface area contributed by atoms with E-state index >= 15 is 0 Å². The summed E-state index contributed by atoms with van der Waals surface area (Å²) in [4.78, 5) is 13.8.